The summed E-state index contributed by atoms with van der Waals surface area (Å²) in [6, 6.07) is 12.8. The number of rotatable bonds is 5. The fraction of sp³-hybridized carbons (Fsp3) is 0.381. The summed E-state index contributed by atoms with van der Waals surface area (Å²) in [5, 5.41) is 3.02. The van der Waals surface area contributed by atoms with Crippen LogP contribution in [0.4, 0.5) is 10.1 Å². The predicted molar refractivity (Wildman–Crippen MR) is 103 cm³/mol. The Balaban J connectivity index is 1.46. The second kappa shape index (κ2) is 8.43. The molecule has 3 rings (SSSR count). The summed E-state index contributed by atoms with van der Waals surface area (Å²) in [6.45, 7) is 8.63. The predicted octanol–water partition coefficient (Wildman–Crippen LogP) is 3.20. The van der Waals surface area contributed by atoms with Crippen LogP contribution in [-0.2, 0) is 11.3 Å². The minimum atomic E-state index is -0.191. The normalized spacial score (nSPS) is 15.8. The van der Waals surface area contributed by atoms with Gasteiger partial charge in [-0.2, -0.15) is 0 Å². The molecule has 0 atom stereocenters. The summed E-state index contributed by atoms with van der Waals surface area (Å²) >= 11 is 0. The smallest absolute Gasteiger partial charge is 0.238 e. The minimum absolute atomic E-state index is 0.0253. The molecule has 0 aromatic heterocycles. The van der Waals surface area contributed by atoms with Crippen LogP contribution >= 0.6 is 0 Å². The lowest BCUT2D eigenvalue weighted by Gasteiger charge is -2.34. The van der Waals surface area contributed by atoms with E-state index in [1.54, 1.807) is 12.1 Å². The van der Waals surface area contributed by atoms with Gasteiger partial charge in [0, 0.05) is 38.4 Å². The standard InChI is InChI=1S/C21H26FN3O/c1-16-6-7-17(2)20(12-16)23-21(26)15-25-10-8-24(9-11-25)14-18-4-3-5-19(22)13-18/h3-7,12-13H,8-11,14-15H2,1-2H3,(H,23,26). The quantitative estimate of drug-likeness (QED) is 0.895. The number of benzene rings is 2. The number of carbonyl (C=O) groups is 1. The van der Waals surface area contributed by atoms with E-state index in [4.69, 9.17) is 0 Å². The molecule has 2 aromatic rings. The highest BCUT2D eigenvalue weighted by Gasteiger charge is 2.19. The Labute approximate surface area is 154 Å². The summed E-state index contributed by atoms with van der Waals surface area (Å²) in [6.07, 6.45) is 0. The van der Waals surface area contributed by atoms with Gasteiger partial charge in [-0.25, -0.2) is 4.39 Å². The SMILES string of the molecule is Cc1ccc(C)c(NC(=O)CN2CCN(Cc3cccc(F)c3)CC2)c1. The molecule has 138 valence electrons. The highest BCUT2D eigenvalue weighted by Crippen LogP contribution is 2.16. The molecule has 0 bridgehead atoms. The monoisotopic (exact) mass is 355 g/mol. The molecule has 0 aliphatic carbocycles. The summed E-state index contributed by atoms with van der Waals surface area (Å²) in [5.74, 6) is -0.165. The van der Waals surface area contributed by atoms with Crippen molar-refractivity contribution in [2.45, 2.75) is 20.4 Å². The topological polar surface area (TPSA) is 35.6 Å². The molecule has 1 aliphatic heterocycles. The fourth-order valence-corrected chi connectivity index (χ4v) is 3.26. The zero-order valence-electron chi connectivity index (χ0n) is 15.5. The molecule has 4 nitrogen and oxygen atoms in total. The number of anilines is 1. The molecule has 26 heavy (non-hydrogen) atoms. The van der Waals surface area contributed by atoms with Gasteiger partial charge in [0.05, 0.1) is 6.54 Å². The highest BCUT2D eigenvalue weighted by molar-refractivity contribution is 5.93. The number of carbonyl (C=O) groups excluding carboxylic acids is 1. The molecule has 1 aliphatic rings. The Morgan fingerprint density at radius 1 is 1.04 bits per heavy atom. The molecule has 1 saturated heterocycles. The molecule has 1 N–H and O–H groups in total. The lowest BCUT2D eigenvalue weighted by molar-refractivity contribution is -0.117. The number of halogens is 1. The number of amides is 1. The third kappa shape index (κ3) is 5.13. The van der Waals surface area contributed by atoms with E-state index in [1.165, 1.54) is 6.07 Å². The molecule has 0 radical (unpaired) electrons. The molecule has 0 saturated carbocycles. The molecule has 1 amide bonds. The van der Waals surface area contributed by atoms with Gasteiger partial charge in [0.25, 0.3) is 0 Å². The van der Waals surface area contributed by atoms with Crippen molar-refractivity contribution in [1.29, 1.82) is 0 Å². The van der Waals surface area contributed by atoms with Gasteiger partial charge in [-0.05, 0) is 48.7 Å². The summed E-state index contributed by atoms with van der Waals surface area (Å²) in [7, 11) is 0. The van der Waals surface area contributed by atoms with Crippen molar-refractivity contribution in [3.8, 4) is 0 Å². The van der Waals surface area contributed by atoms with Crippen molar-refractivity contribution >= 4 is 11.6 Å². The van der Waals surface area contributed by atoms with E-state index in [-0.39, 0.29) is 11.7 Å². The first-order chi connectivity index (χ1) is 12.5. The Morgan fingerprint density at radius 2 is 1.77 bits per heavy atom. The lowest BCUT2D eigenvalue weighted by Crippen LogP contribution is -2.48. The first-order valence-electron chi connectivity index (χ1n) is 9.06. The van der Waals surface area contributed by atoms with Gasteiger partial charge in [0.15, 0.2) is 0 Å². The van der Waals surface area contributed by atoms with Gasteiger partial charge in [0.2, 0.25) is 5.91 Å². The number of nitrogens with zero attached hydrogens (tertiary/aromatic N) is 2. The molecule has 5 heteroatoms. The van der Waals surface area contributed by atoms with Gasteiger partial charge in [-0.15, -0.1) is 0 Å². The van der Waals surface area contributed by atoms with E-state index < -0.39 is 0 Å². The van der Waals surface area contributed by atoms with E-state index >= 15 is 0 Å². The summed E-state index contributed by atoms with van der Waals surface area (Å²) in [5.41, 5.74) is 4.09. The molecule has 0 unspecified atom stereocenters. The van der Waals surface area contributed by atoms with Gasteiger partial charge in [-0.1, -0.05) is 24.3 Å². The Kier molecular flexibility index (Phi) is 6.01. The zero-order chi connectivity index (χ0) is 18.5. The number of nitrogens with one attached hydrogen (secondary N) is 1. The average Bonchev–Trinajstić information content (AvgIpc) is 2.60. The van der Waals surface area contributed by atoms with Crippen molar-refractivity contribution < 1.29 is 9.18 Å². The third-order valence-corrected chi connectivity index (χ3v) is 4.79. The lowest BCUT2D eigenvalue weighted by atomic mass is 10.1. The first-order valence-corrected chi connectivity index (χ1v) is 9.06. The van der Waals surface area contributed by atoms with Crippen molar-refractivity contribution in [2.24, 2.45) is 0 Å². The van der Waals surface area contributed by atoms with Gasteiger partial charge in [-0.3, -0.25) is 14.6 Å². The van der Waals surface area contributed by atoms with Crippen molar-refractivity contribution in [3.63, 3.8) is 0 Å². The van der Waals surface area contributed by atoms with Crippen LogP contribution in [0, 0.1) is 19.7 Å². The zero-order valence-corrected chi connectivity index (χ0v) is 15.5. The molecule has 1 heterocycles. The van der Waals surface area contributed by atoms with E-state index in [1.807, 2.05) is 38.1 Å². The second-order valence-electron chi connectivity index (χ2n) is 7.05. The second-order valence-corrected chi connectivity index (χ2v) is 7.05. The van der Waals surface area contributed by atoms with Crippen LogP contribution in [-0.4, -0.2) is 48.4 Å². The maximum atomic E-state index is 13.3. The van der Waals surface area contributed by atoms with E-state index in [9.17, 15) is 9.18 Å². The molecule has 2 aromatic carbocycles. The Morgan fingerprint density at radius 3 is 2.50 bits per heavy atom. The van der Waals surface area contributed by atoms with E-state index in [0.717, 1.165) is 55.1 Å². The molecule has 0 spiro atoms. The minimum Gasteiger partial charge on any atom is -0.325 e. The Hall–Kier alpha value is -2.24. The van der Waals surface area contributed by atoms with Crippen LogP contribution < -0.4 is 5.32 Å². The number of aryl methyl sites for hydroxylation is 2. The average molecular weight is 355 g/mol. The van der Waals surface area contributed by atoms with Crippen LogP contribution in [0.15, 0.2) is 42.5 Å². The van der Waals surface area contributed by atoms with Crippen molar-refractivity contribution in [3.05, 3.63) is 65.0 Å². The maximum Gasteiger partial charge on any atom is 0.238 e. The van der Waals surface area contributed by atoms with Gasteiger partial charge >= 0.3 is 0 Å². The van der Waals surface area contributed by atoms with Crippen molar-refractivity contribution in [1.82, 2.24) is 9.80 Å². The highest BCUT2D eigenvalue weighted by atomic mass is 19.1. The van der Waals surface area contributed by atoms with Crippen molar-refractivity contribution in [2.75, 3.05) is 38.0 Å². The Bertz CT molecular complexity index is 770. The number of hydrogen-bond donors (Lipinski definition) is 1. The maximum absolute atomic E-state index is 13.3. The summed E-state index contributed by atoms with van der Waals surface area (Å²) in [4.78, 5) is 16.8. The summed E-state index contributed by atoms with van der Waals surface area (Å²) < 4.78 is 13.3. The molecular formula is C21H26FN3O. The number of piperazine rings is 1. The largest absolute Gasteiger partial charge is 0.325 e. The molecular weight excluding hydrogens is 329 g/mol. The van der Waals surface area contributed by atoms with E-state index in [2.05, 4.69) is 15.1 Å². The fourth-order valence-electron chi connectivity index (χ4n) is 3.26. The third-order valence-electron chi connectivity index (χ3n) is 4.79. The van der Waals surface area contributed by atoms with Crippen LogP contribution in [0.1, 0.15) is 16.7 Å². The first kappa shape index (κ1) is 18.5. The van der Waals surface area contributed by atoms with Crippen LogP contribution in [0.25, 0.3) is 0 Å². The van der Waals surface area contributed by atoms with Crippen LogP contribution in [0.2, 0.25) is 0 Å². The molecule has 1 fully saturated rings. The van der Waals surface area contributed by atoms with Gasteiger partial charge < -0.3 is 5.32 Å². The van der Waals surface area contributed by atoms with Crippen LogP contribution in [0.3, 0.4) is 0 Å². The van der Waals surface area contributed by atoms with E-state index in [0.29, 0.717) is 6.54 Å². The number of hydrogen-bond acceptors (Lipinski definition) is 3. The van der Waals surface area contributed by atoms with Gasteiger partial charge in [0.1, 0.15) is 5.82 Å². The van der Waals surface area contributed by atoms with Crippen LogP contribution in [0.5, 0.6) is 0 Å².